The van der Waals surface area contributed by atoms with Crippen molar-refractivity contribution in [2.45, 2.75) is 24.9 Å². The van der Waals surface area contributed by atoms with Crippen molar-refractivity contribution in [1.29, 1.82) is 5.26 Å². The van der Waals surface area contributed by atoms with Crippen LogP contribution in [-0.2, 0) is 9.63 Å². The van der Waals surface area contributed by atoms with E-state index in [0.717, 1.165) is 5.06 Å². The summed E-state index contributed by atoms with van der Waals surface area (Å²) in [7, 11) is 1.32. The van der Waals surface area contributed by atoms with Gasteiger partial charge in [-0.15, -0.1) is 0 Å². The number of likely N-dealkylation sites (tertiary alicyclic amines) is 1. The third-order valence-electron chi connectivity index (χ3n) is 2.89. The highest BCUT2D eigenvalue weighted by atomic mass is 16.7. The topological polar surface area (TPSA) is 120 Å². The van der Waals surface area contributed by atoms with Crippen molar-refractivity contribution in [2.24, 2.45) is 5.73 Å². The molecule has 100 valence electrons. The van der Waals surface area contributed by atoms with Crippen molar-refractivity contribution in [1.82, 2.24) is 9.96 Å². The first-order valence-electron chi connectivity index (χ1n) is 5.47. The molecule has 2 amide bonds. The molecule has 1 rings (SSSR count). The van der Waals surface area contributed by atoms with Crippen LogP contribution in [0.1, 0.15) is 12.8 Å². The van der Waals surface area contributed by atoms with Gasteiger partial charge in [-0.3, -0.25) is 14.5 Å². The summed E-state index contributed by atoms with van der Waals surface area (Å²) in [5.74, 6) is -1.01. The Morgan fingerprint density at radius 1 is 1.61 bits per heavy atom. The number of aliphatic carboxylic acids is 1. The van der Waals surface area contributed by atoms with Crippen LogP contribution in [0.4, 0.5) is 4.79 Å². The molecule has 3 N–H and O–H groups in total. The van der Waals surface area contributed by atoms with Crippen molar-refractivity contribution in [3.05, 3.63) is 0 Å². The first kappa shape index (κ1) is 14.2. The van der Waals surface area contributed by atoms with Crippen LogP contribution in [0.15, 0.2) is 0 Å². The normalized spacial score (nSPS) is 24.2. The molecule has 0 aliphatic carbocycles. The average Bonchev–Trinajstić information content (AvgIpc) is 2.29. The van der Waals surface area contributed by atoms with Gasteiger partial charge in [-0.25, -0.2) is 4.79 Å². The van der Waals surface area contributed by atoms with E-state index in [1.807, 2.05) is 0 Å². The molecule has 1 aliphatic heterocycles. The van der Waals surface area contributed by atoms with Gasteiger partial charge in [0.25, 0.3) is 0 Å². The van der Waals surface area contributed by atoms with Crippen LogP contribution >= 0.6 is 0 Å². The summed E-state index contributed by atoms with van der Waals surface area (Å²) in [6.45, 7) is 0.00630. The van der Waals surface area contributed by atoms with E-state index in [2.05, 4.69) is 6.07 Å². The van der Waals surface area contributed by atoms with Crippen LogP contribution in [0.25, 0.3) is 0 Å². The Morgan fingerprint density at radius 2 is 2.28 bits per heavy atom. The molecule has 0 saturated carbocycles. The molecular formula is C10H16N4O4. The summed E-state index contributed by atoms with van der Waals surface area (Å²) in [4.78, 5) is 28.2. The molecule has 1 heterocycles. The van der Waals surface area contributed by atoms with Crippen molar-refractivity contribution < 1.29 is 19.5 Å². The fraction of sp³-hybridized carbons (Fsp3) is 0.700. The van der Waals surface area contributed by atoms with Crippen LogP contribution in [0.2, 0.25) is 0 Å². The van der Waals surface area contributed by atoms with Crippen LogP contribution < -0.4 is 5.73 Å². The molecular weight excluding hydrogens is 240 g/mol. The SMILES string of the molecule is CON(C(N)=O)C1CCC(C#N)N(CC(=O)O)C1. The van der Waals surface area contributed by atoms with Gasteiger partial charge in [0.15, 0.2) is 0 Å². The molecule has 18 heavy (non-hydrogen) atoms. The van der Waals surface area contributed by atoms with Gasteiger partial charge in [0.2, 0.25) is 0 Å². The van der Waals surface area contributed by atoms with Crippen LogP contribution in [0.5, 0.6) is 0 Å². The number of nitrogens with zero attached hydrogens (tertiary/aromatic N) is 3. The van der Waals surface area contributed by atoms with E-state index < -0.39 is 18.0 Å². The number of hydrogen-bond acceptors (Lipinski definition) is 5. The number of rotatable bonds is 4. The smallest absolute Gasteiger partial charge is 0.339 e. The Bertz CT molecular complexity index is 367. The number of carbonyl (C=O) groups excluding carboxylic acids is 1. The second-order valence-corrected chi connectivity index (χ2v) is 4.05. The molecule has 2 unspecified atom stereocenters. The monoisotopic (exact) mass is 256 g/mol. The highest BCUT2D eigenvalue weighted by molar-refractivity contribution is 5.71. The maximum Gasteiger partial charge on any atom is 0.339 e. The van der Waals surface area contributed by atoms with Crippen molar-refractivity contribution in [3.8, 4) is 6.07 Å². The molecule has 0 spiro atoms. The number of piperidine rings is 1. The number of carboxylic acid groups (broad SMARTS) is 1. The predicted molar refractivity (Wildman–Crippen MR) is 60.1 cm³/mol. The summed E-state index contributed by atoms with van der Waals surface area (Å²) in [6.07, 6.45) is 1.02. The molecule has 1 aliphatic rings. The Balaban J connectivity index is 2.74. The van der Waals surface area contributed by atoms with E-state index in [-0.39, 0.29) is 19.1 Å². The number of carbonyl (C=O) groups is 2. The average molecular weight is 256 g/mol. The zero-order valence-electron chi connectivity index (χ0n) is 10.1. The lowest BCUT2D eigenvalue weighted by Gasteiger charge is -2.38. The number of amides is 2. The first-order valence-corrected chi connectivity index (χ1v) is 5.47. The van der Waals surface area contributed by atoms with E-state index >= 15 is 0 Å². The lowest BCUT2D eigenvalue weighted by atomic mass is 9.99. The zero-order chi connectivity index (χ0) is 13.7. The van der Waals surface area contributed by atoms with Gasteiger partial charge in [-0.1, -0.05) is 0 Å². The summed E-state index contributed by atoms with van der Waals surface area (Å²) < 4.78 is 0. The molecule has 1 fully saturated rings. The van der Waals surface area contributed by atoms with Crippen molar-refractivity contribution in [2.75, 3.05) is 20.2 Å². The summed E-state index contributed by atoms with van der Waals surface area (Å²) in [5.41, 5.74) is 5.15. The molecule has 2 atom stereocenters. The maximum absolute atomic E-state index is 11.1. The largest absolute Gasteiger partial charge is 0.480 e. The summed E-state index contributed by atoms with van der Waals surface area (Å²) in [5, 5.41) is 18.7. The van der Waals surface area contributed by atoms with Crippen molar-refractivity contribution >= 4 is 12.0 Å². The highest BCUT2D eigenvalue weighted by Gasteiger charge is 2.34. The van der Waals surface area contributed by atoms with Gasteiger partial charge >= 0.3 is 12.0 Å². The molecule has 0 aromatic heterocycles. The second kappa shape index (κ2) is 6.18. The Hall–Kier alpha value is -1.85. The molecule has 8 nitrogen and oxygen atoms in total. The minimum Gasteiger partial charge on any atom is -0.480 e. The predicted octanol–water partition coefficient (Wildman–Crippen LogP) is -0.630. The lowest BCUT2D eigenvalue weighted by Crippen LogP contribution is -2.55. The summed E-state index contributed by atoms with van der Waals surface area (Å²) >= 11 is 0. The highest BCUT2D eigenvalue weighted by Crippen LogP contribution is 2.20. The van der Waals surface area contributed by atoms with Crippen LogP contribution in [0, 0.1) is 11.3 Å². The molecule has 0 aromatic rings. The second-order valence-electron chi connectivity index (χ2n) is 4.05. The van der Waals surface area contributed by atoms with Gasteiger partial charge in [0, 0.05) is 6.54 Å². The third kappa shape index (κ3) is 3.32. The van der Waals surface area contributed by atoms with E-state index in [0.29, 0.717) is 12.8 Å². The van der Waals surface area contributed by atoms with Gasteiger partial charge in [0.1, 0.15) is 0 Å². The van der Waals surface area contributed by atoms with E-state index in [1.54, 1.807) is 0 Å². The van der Waals surface area contributed by atoms with Gasteiger partial charge in [-0.05, 0) is 12.8 Å². The van der Waals surface area contributed by atoms with Gasteiger partial charge in [-0.2, -0.15) is 10.3 Å². The van der Waals surface area contributed by atoms with E-state index in [1.165, 1.54) is 12.0 Å². The Labute approximate surface area is 104 Å². The summed E-state index contributed by atoms with van der Waals surface area (Å²) in [6, 6.07) is 0.533. The minimum absolute atomic E-state index is 0.245. The van der Waals surface area contributed by atoms with Crippen LogP contribution in [-0.4, -0.2) is 59.4 Å². The number of primary amides is 1. The number of hydroxylamine groups is 2. The molecule has 1 saturated heterocycles. The first-order chi connectivity index (χ1) is 8.49. The molecule has 0 aromatic carbocycles. The number of nitrogens with two attached hydrogens (primary N) is 1. The minimum atomic E-state index is -1.01. The van der Waals surface area contributed by atoms with Gasteiger partial charge in [0.05, 0.1) is 31.8 Å². The lowest BCUT2D eigenvalue weighted by molar-refractivity contribution is -0.144. The maximum atomic E-state index is 11.1. The van der Waals surface area contributed by atoms with E-state index in [9.17, 15) is 9.59 Å². The number of nitriles is 1. The zero-order valence-corrected chi connectivity index (χ0v) is 10.1. The van der Waals surface area contributed by atoms with E-state index in [4.69, 9.17) is 20.9 Å². The number of carboxylic acids is 1. The Kier molecular flexibility index (Phi) is 4.88. The fourth-order valence-electron chi connectivity index (χ4n) is 2.13. The van der Waals surface area contributed by atoms with Gasteiger partial charge < -0.3 is 10.8 Å². The third-order valence-corrected chi connectivity index (χ3v) is 2.89. The standard InChI is InChI=1S/C10H16N4O4/c1-18-14(10(12)17)8-3-2-7(4-11)13(5-8)6-9(15)16/h7-8H,2-3,5-6H2,1H3,(H2,12,17)(H,15,16). The quantitative estimate of drug-likeness (QED) is 0.646. The Morgan fingerprint density at radius 3 is 2.72 bits per heavy atom. The van der Waals surface area contributed by atoms with Crippen molar-refractivity contribution in [3.63, 3.8) is 0 Å². The number of urea groups is 1. The molecule has 0 radical (unpaired) electrons. The molecule has 8 heteroatoms. The molecule has 0 bridgehead atoms. The van der Waals surface area contributed by atoms with Crippen LogP contribution in [0.3, 0.4) is 0 Å². The number of hydrogen-bond donors (Lipinski definition) is 2. The fourth-order valence-corrected chi connectivity index (χ4v) is 2.13.